The van der Waals surface area contributed by atoms with E-state index < -0.39 is 5.67 Å². The molecular weight excluding hydrogens is 183 g/mol. The normalized spacial score (nSPS) is 33.2. The summed E-state index contributed by atoms with van der Waals surface area (Å²) in [6, 6.07) is 3.74. The van der Waals surface area contributed by atoms with Crippen molar-refractivity contribution in [2.75, 3.05) is 6.61 Å². The number of rotatable bonds is 1. The van der Waals surface area contributed by atoms with Gasteiger partial charge in [-0.1, -0.05) is 0 Å². The van der Waals surface area contributed by atoms with Crippen LogP contribution >= 0.6 is 0 Å². The molecule has 2 rings (SSSR count). The number of hydrogen-bond donors (Lipinski definition) is 0. The molecule has 1 fully saturated rings. The SMILES string of the molecule is Cc1ccc(C2CC(C)(F)CCO2)o1. The number of aryl methyl sites for hydroxylation is 1. The van der Waals surface area contributed by atoms with Crippen LogP contribution in [0.1, 0.15) is 37.4 Å². The lowest BCUT2D eigenvalue weighted by atomic mass is 9.93. The van der Waals surface area contributed by atoms with Crippen molar-refractivity contribution in [3.63, 3.8) is 0 Å². The van der Waals surface area contributed by atoms with Crippen molar-refractivity contribution >= 4 is 0 Å². The second kappa shape index (κ2) is 3.39. The zero-order chi connectivity index (χ0) is 10.2. The van der Waals surface area contributed by atoms with Gasteiger partial charge in [-0.3, -0.25) is 0 Å². The summed E-state index contributed by atoms with van der Waals surface area (Å²) in [5.41, 5.74) is -1.12. The molecule has 0 N–H and O–H groups in total. The molecule has 1 saturated heterocycles. The van der Waals surface area contributed by atoms with Crippen LogP contribution in [-0.2, 0) is 4.74 Å². The van der Waals surface area contributed by atoms with E-state index in [-0.39, 0.29) is 6.10 Å². The first-order valence-corrected chi connectivity index (χ1v) is 4.94. The second-order valence-corrected chi connectivity index (χ2v) is 4.18. The fourth-order valence-corrected chi connectivity index (χ4v) is 1.77. The fourth-order valence-electron chi connectivity index (χ4n) is 1.77. The van der Waals surface area contributed by atoms with Gasteiger partial charge in [-0.05, 0) is 26.0 Å². The number of halogens is 1. The molecule has 2 unspecified atom stereocenters. The average molecular weight is 198 g/mol. The molecule has 0 spiro atoms. The zero-order valence-electron chi connectivity index (χ0n) is 8.55. The van der Waals surface area contributed by atoms with E-state index in [0.717, 1.165) is 11.5 Å². The molecule has 1 aromatic rings. The van der Waals surface area contributed by atoms with Crippen LogP contribution in [-0.4, -0.2) is 12.3 Å². The van der Waals surface area contributed by atoms with Crippen LogP contribution in [0, 0.1) is 6.92 Å². The smallest absolute Gasteiger partial charge is 0.133 e. The molecule has 1 aromatic heterocycles. The first-order valence-electron chi connectivity index (χ1n) is 4.94. The lowest BCUT2D eigenvalue weighted by Gasteiger charge is -2.30. The van der Waals surface area contributed by atoms with Gasteiger partial charge in [-0.2, -0.15) is 0 Å². The molecule has 0 aromatic carbocycles. The highest BCUT2D eigenvalue weighted by Gasteiger charge is 2.34. The molecule has 0 bridgehead atoms. The number of hydrogen-bond acceptors (Lipinski definition) is 2. The average Bonchev–Trinajstić information content (AvgIpc) is 2.50. The van der Waals surface area contributed by atoms with Gasteiger partial charge < -0.3 is 9.15 Å². The summed E-state index contributed by atoms with van der Waals surface area (Å²) in [7, 11) is 0. The predicted molar refractivity (Wildman–Crippen MR) is 50.9 cm³/mol. The van der Waals surface area contributed by atoms with Gasteiger partial charge in [0.25, 0.3) is 0 Å². The van der Waals surface area contributed by atoms with Gasteiger partial charge in [0.2, 0.25) is 0 Å². The summed E-state index contributed by atoms with van der Waals surface area (Å²) in [6.45, 7) is 3.97. The maximum atomic E-state index is 13.7. The van der Waals surface area contributed by atoms with E-state index in [9.17, 15) is 4.39 Å². The molecule has 2 nitrogen and oxygen atoms in total. The Morgan fingerprint density at radius 3 is 2.86 bits per heavy atom. The van der Waals surface area contributed by atoms with Crippen LogP contribution in [0.3, 0.4) is 0 Å². The van der Waals surface area contributed by atoms with Crippen LogP contribution < -0.4 is 0 Å². The number of furan rings is 1. The van der Waals surface area contributed by atoms with E-state index in [4.69, 9.17) is 9.15 Å². The highest BCUT2D eigenvalue weighted by atomic mass is 19.1. The first-order chi connectivity index (χ1) is 6.57. The molecule has 1 aliphatic heterocycles. The Kier molecular flexibility index (Phi) is 2.35. The maximum absolute atomic E-state index is 13.7. The van der Waals surface area contributed by atoms with Crippen molar-refractivity contribution in [1.29, 1.82) is 0 Å². The monoisotopic (exact) mass is 198 g/mol. The van der Waals surface area contributed by atoms with Crippen LogP contribution in [0.4, 0.5) is 4.39 Å². The van der Waals surface area contributed by atoms with Crippen LogP contribution in [0.2, 0.25) is 0 Å². The summed E-state index contributed by atoms with van der Waals surface area (Å²) in [6.07, 6.45) is 0.649. The Hall–Kier alpha value is -0.830. The minimum absolute atomic E-state index is 0.215. The van der Waals surface area contributed by atoms with Crippen molar-refractivity contribution < 1.29 is 13.5 Å². The topological polar surface area (TPSA) is 22.4 Å². The molecule has 0 radical (unpaired) electrons. The summed E-state index contributed by atoms with van der Waals surface area (Å²) in [4.78, 5) is 0. The van der Waals surface area contributed by atoms with Gasteiger partial charge in [0, 0.05) is 12.8 Å². The third kappa shape index (κ3) is 1.98. The standard InChI is InChI=1S/C11H15FO2/c1-8-3-4-9(14-8)10-7-11(2,12)5-6-13-10/h3-4,10H,5-7H2,1-2H3. The van der Waals surface area contributed by atoms with E-state index in [1.807, 2.05) is 19.1 Å². The van der Waals surface area contributed by atoms with Gasteiger partial charge >= 0.3 is 0 Å². The Morgan fingerprint density at radius 1 is 1.50 bits per heavy atom. The minimum Gasteiger partial charge on any atom is -0.464 e. The van der Waals surface area contributed by atoms with Crippen LogP contribution in [0.5, 0.6) is 0 Å². The first kappa shape index (κ1) is 9.71. The minimum atomic E-state index is -1.12. The van der Waals surface area contributed by atoms with E-state index in [2.05, 4.69) is 0 Å². The molecule has 14 heavy (non-hydrogen) atoms. The van der Waals surface area contributed by atoms with E-state index in [0.29, 0.717) is 19.4 Å². The van der Waals surface area contributed by atoms with E-state index in [1.165, 1.54) is 0 Å². The van der Waals surface area contributed by atoms with Crippen molar-refractivity contribution in [3.05, 3.63) is 23.7 Å². The van der Waals surface area contributed by atoms with Gasteiger partial charge in [0.05, 0.1) is 6.61 Å². The third-order valence-corrected chi connectivity index (χ3v) is 2.63. The third-order valence-electron chi connectivity index (χ3n) is 2.63. The van der Waals surface area contributed by atoms with Crippen molar-refractivity contribution in [2.45, 2.75) is 38.5 Å². The predicted octanol–water partition coefficient (Wildman–Crippen LogP) is 3.17. The Morgan fingerprint density at radius 2 is 2.29 bits per heavy atom. The van der Waals surface area contributed by atoms with Crippen molar-refractivity contribution in [3.8, 4) is 0 Å². The number of ether oxygens (including phenoxy) is 1. The van der Waals surface area contributed by atoms with E-state index >= 15 is 0 Å². The lowest BCUT2D eigenvalue weighted by Crippen LogP contribution is -2.30. The summed E-state index contributed by atoms with van der Waals surface area (Å²) < 4.78 is 24.6. The molecule has 1 aliphatic rings. The Balaban J connectivity index is 2.12. The summed E-state index contributed by atoms with van der Waals surface area (Å²) >= 11 is 0. The quantitative estimate of drug-likeness (QED) is 0.691. The van der Waals surface area contributed by atoms with E-state index in [1.54, 1.807) is 6.92 Å². The lowest BCUT2D eigenvalue weighted by molar-refractivity contribution is -0.0659. The molecule has 78 valence electrons. The van der Waals surface area contributed by atoms with Gasteiger partial charge in [-0.25, -0.2) is 4.39 Å². The molecular formula is C11H15FO2. The Labute approximate surface area is 83.1 Å². The fraction of sp³-hybridized carbons (Fsp3) is 0.636. The second-order valence-electron chi connectivity index (χ2n) is 4.18. The highest BCUT2D eigenvalue weighted by molar-refractivity contribution is 5.09. The molecule has 2 heterocycles. The molecule has 0 aliphatic carbocycles. The van der Waals surface area contributed by atoms with Crippen LogP contribution in [0.25, 0.3) is 0 Å². The maximum Gasteiger partial charge on any atom is 0.133 e. The van der Waals surface area contributed by atoms with Crippen molar-refractivity contribution in [1.82, 2.24) is 0 Å². The van der Waals surface area contributed by atoms with Crippen LogP contribution in [0.15, 0.2) is 16.5 Å². The largest absolute Gasteiger partial charge is 0.464 e. The molecule has 0 amide bonds. The van der Waals surface area contributed by atoms with Gasteiger partial charge in [0.1, 0.15) is 23.3 Å². The summed E-state index contributed by atoms with van der Waals surface area (Å²) in [5, 5.41) is 0. The molecule has 0 saturated carbocycles. The zero-order valence-corrected chi connectivity index (χ0v) is 8.55. The van der Waals surface area contributed by atoms with Gasteiger partial charge in [0.15, 0.2) is 0 Å². The molecule has 3 heteroatoms. The molecule has 2 atom stereocenters. The number of alkyl halides is 1. The summed E-state index contributed by atoms with van der Waals surface area (Å²) in [5.74, 6) is 1.58. The Bertz CT molecular complexity index is 317. The van der Waals surface area contributed by atoms with Gasteiger partial charge in [-0.15, -0.1) is 0 Å². The van der Waals surface area contributed by atoms with Crippen molar-refractivity contribution in [2.24, 2.45) is 0 Å². The highest BCUT2D eigenvalue weighted by Crippen LogP contribution is 2.36.